The maximum Gasteiger partial charge on any atom is 0.0642 e. The number of ether oxygens (including phenoxy) is 1. The molecule has 2 saturated heterocycles. The number of nitrogens with zero attached hydrogens (tertiary/aromatic N) is 1. The minimum atomic E-state index is 0.410. The van der Waals surface area contributed by atoms with Crippen molar-refractivity contribution in [1.29, 1.82) is 0 Å². The maximum absolute atomic E-state index is 6.11. The molecule has 2 unspecified atom stereocenters. The monoisotopic (exact) mass is 360 g/mol. The van der Waals surface area contributed by atoms with Crippen LogP contribution in [0.5, 0.6) is 0 Å². The van der Waals surface area contributed by atoms with Gasteiger partial charge in [0.25, 0.3) is 0 Å². The normalized spacial score (nSPS) is 36.3. The van der Waals surface area contributed by atoms with Crippen molar-refractivity contribution in [3.8, 4) is 0 Å². The number of nitrogens with one attached hydrogen (secondary N) is 2. The summed E-state index contributed by atoms with van der Waals surface area (Å²) in [5.74, 6) is 0.593. The summed E-state index contributed by atoms with van der Waals surface area (Å²) in [5, 5.41) is 7.79. The van der Waals surface area contributed by atoms with Crippen LogP contribution in [0.25, 0.3) is 0 Å². The van der Waals surface area contributed by atoms with Gasteiger partial charge in [0.05, 0.1) is 13.2 Å². The van der Waals surface area contributed by atoms with Gasteiger partial charge in [-0.2, -0.15) is 0 Å². The molecule has 0 amide bonds. The van der Waals surface area contributed by atoms with Crippen molar-refractivity contribution in [3.05, 3.63) is 23.5 Å². The molecular formula is C21H36N4O. The molecule has 0 aromatic rings. The minimum absolute atomic E-state index is 0.410. The summed E-state index contributed by atoms with van der Waals surface area (Å²) in [6.45, 7) is 4.84. The van der Waals surface area contributed by atoms with E-state index >= 15 is 0 Å². The average molecular weight is 361 g/mol. The summed E-state index contributed by atoms with van der Waals surface area (Å²) in [4.78, 5) is 2.50. The van der Waals surface area contributed by atoms with Gasteiger partial charge in [0, 0.05) is 48.5 Å². The smallest absolute Gasteiger partial charge is 0.0642 e. The first kappa shape index (κ1) is 18.3. The summed E-state index contributed by atoms with van der Waals surface area (Å²) in [7, 11) is 0. The van der Waals surface area contributed by atoms with Crippen molar-refractivity contribution in [2.24, 2.45) is 11.7 Å². The second-order valence-electron chi connectivity index (χ2n) is 8.48. The standard InChI is InChI=1S/C21H36N4O/c22-16-5-7-17(8-6-16)24-21-15-18(25-10-12-26-13-11-25)14-20-19(21)4-2-1-3-9-23-20/h14-17,19-20,23-24H,1-13,22H2. The van der Waals surface area contributed by atoms with Gasteiger partial charge in [-0.15, -0.1) is 0 Å². The molecule has 5 nitrogen and oxygen atoms in total. The van der Waals surface area contributed by atoms with Gasteiger partial charge in [0.1, 0.15) is 0 Å². The highest BCUT2D eigenvalue weighted by Gasteiger charge is 2.31. The fourth-order valence-corrected chi connectivity index (χ4v) is 4.95. The summed E-state index contributed by atoms with van der Waals surface area (Å²) in [5.41, 5.74) is 8.97. The van der Waals surface area contributed by atoms with Crippen molar-refractivity contribution >= 4 is 0 Å². The molecule has 2 aliphatic heterocycles. The van der Waals surface area contributed by atoms with Crippen LogP contribution in [0.3, 0.4) is 0 Å². The van der Waals surface area contributed by atoms with E-state index < -0.39 is 0 Å². The minimum Gasteiger partial charge on any atom is -0.385 e. The number of hydrogen-bond donors (Lipinski definition) is 3. The fraction of sp³-hybridized carbons (Fsp3) is 0.810. The molecule has 0 radical (unpaired) electrons. The highest BCUT2D eigenvalue weighted by molar-refractivity contribution is 5.33. The third-order valence-electron chi connectivity index (χ3n) is 6.58. The SMILES string of the molecule is NC1CCC(NC2=CC(N3CCOCC3)=CC3NCCCCCC23)CC1. The molecule has 0 aromatic carbocycles. The molecule has 5 heteroatoms. The molecule has 0 bridgehead atoms. The van der Waals surface area contributed by atoms with Gasteiger partial charge >= 0.3 is 0 Å². The molecule has 26 heavy (non-hydrogen) atoms. The van der Waals surface area contributed by atoms with Crippen molar-refractivity contribution in [2.45, 2.75) is 69.5 Å². The number of fused-ring (bicyclic) bond motifs is 1. The van der Waals surface area contributed by atoms with Gasteiger partial charge in [-0.3, -0.25) is 0 Å². The number of rotatable bonds is 3. The van der Waals surface area contributed by atoms with Gasteiger partial charge in [0.15, 0.2) is 0 Å². The number of hydrogen-bond acceptors (Lipinski definition) is 5. The van der Waals surface area contributed by atoms with E-state index in [-0.39, 0.29) is 0 Å². The van der Waals surface area contributed by atoms with Crippen LogP contribution in [-0.2, 0) is 4.74 Å². The average Bonchev–Trinajstić information content (AvgIpc) is 2.65. The lowest BCUT2D eigenvalue weighted by atomic mass is 9.83. The Labute approximate surface area is 158 Å². The quantitative estimate of drug-likeness (QED) is 0.719. The van der Waals surface area contributed by atoms with E-state index in [2.05, 4.69) is 27.7 Å². The largest absolute Gasteiger partial charge is 0.385 e. The number of allylic oxidation sites excluding steroid dienone is 1. The van der Waals surface area contributed by atoms with Gasteiger partial charge in [-0.1, -0.05) is 12.8 Å². The number of nitrogens with two attached hydrogens (primary N) is 1. The second-order valence-corrected chi connectivity index (χ2v) is 8.48. The van der Waals surface area contributed by atoms with E-state index in [1.807, 2.05) is 0 Å². The predicted octanol–water partition coefficient (Wildman–Crippen LogP) is 2.11. The van der Waals surface area contributed by atoms with Gasteiger partial charge < -0.3 is 26.0 Å². The molecule has 2 heterocycles. The molecular weight excluding hydrogens is 324 g/mol. The number of morpholine rings is 1. The highest BCUT2D eigenvalue weighted by Crippen LogP contribution is 2.32. The second kappa shape index (κ2) is 8.77. The van der Waals surface area contributed by atoms with Crippen LogP contribution in [0.1, 0.15) is 51.4 Å². The van der Waals surface area contributed by atoms with Gasteiger partial charge in [-0.25, -0.2) is 0 Å². The van der Waals surface area contributed by atoms with E-state index in [0.717, 1.165) is 45.7 Å². The molecule has 3 fully saturated rings. The summed E-state index contributed by atoms with van der Waals surface area (Å²) in [6, 6.07) is 1.47. The van der Waals surface area contributed by atoms with E-state index in [9.17, 15) is 0 Å². The molecule has 0 spiro atoms. The first-order valence-corrected chi connectivity index (χ1v) is 10.8. The lowest BCUT2D eigenvalue weighted by Gasteiger charge is -2.40. The molecule has 0 aromatic heterocycles. The van der Waals surface area contributed by atoms with Crippen LogP contribution in [0.4, 0.5) is 0 Å². The Bertz CT molecular complexity index is 518. The fourth-order valence-electron chi connectivity index (χ4n) is 4.95. The summed E-state index contributed by atoms with van der Waals surface area (Å²) in [6.07, 6.45) is 15.0. The van der Waals surface area contributed by atoms with E-state index in [0.29, 0.717) is 24.0 Å². The zero-order valence-corrected chi connectivity index (χ0v) is 16.1. The molecule has 146 valence electrons. The molecule has 2 aliphatic carbocycles. The van der Waals surface area contributed by atoms with Crippen LogP contribution in [0.2, 0.25) is 0 Å². The van der Waals surface area contributed by atoms with Crippen molar-refractivity contribution in [3.63, 3.8) is 0 Å². The van der Waals surface area contributed by atoms with E-state index in [1.54, 1.807) is 0 Å². The van der Waals surface area contributed by atoms with Gasteiger partial charge in [0.2, 0.25) is 0 Å². The van der Waals surface area contributed by atoms with Crippen LogP contribution >= 0.6 is 0 Å². The zero-order chi connectivity index (χ0) is 17.8. The third kappa shape index (κ3) is 4.44. The Morgan fingerprint density at radius 2 is 1.85 bits per heavy atom. The van der Waals surface area contributed by atoms with Crippen LogP contribution in [0.15, 0.2) is 23.5 Å². The maximum atomic E-state index is 6.11. The molecule has 2 atom stereocenters. The summed E-state index contributed by atoms with van der Waals surface area (Å²) >= 11 is 0. The topological polar surface area (TPSA) is 62.5 Å². The van der Waals surface area contributed by atoms with Crippen molar-refractivity contribution < 1.29 is 4.74 Å². The van der Waals surface area contributed by atoms with Crippen LogP contribution < -0.4 is 16.4 Å². The van der Waals surface area contributed by atoms with Gasteiger partial charge in [-0.05, 0) is 57.2 Å². The third-order valence-corrected chi connectivity index (χ3v) is 6.58. The lowest BCUT2D eigenvalue weighted by molar-refractivity contribution is 0.0546. The first-order valence-electron chi connectivity index (χ1n) is 10.8. The Hall–Kier alpha value is -1.04. The molecule has 4 rings (SSSR count). The van der Waals surface area contributed by atoms with E-state index in [4.69, 9.17) is 10.5 Å². The molecule has 1 saturated carbocycles. The highest BCUT2D eigenvalue weighted by atomic mass is 16.5. The lowest BCUT2D eigenvalue weighted by Crippen LogP contribution is -2.47. The Morgan fingerprint density at radius 1 is 1.04 bits per heavy atom. The Kier molecular flexibility index (Phi) is 6.18. The van der Waals surface area contributed by atoms with Crippen LogP contribution in [-0.4, -0.2) is 55.9 Å². The van der Waals surface area contributed by atoms with Crippen molar-refractivity contribution in [1.82, 2.24) is 15.5 Å². The Morgan fingerprint density at radius 3 is 2.65 bits per heavy atom. The van der Waals surface area contributed by atoms with Crippen molar-refractivity contribution in [2.75, 3.05) is 32.8 Å². The zero-order valence-electron chi connectivity index (χ0n) is 16.1. The molecule has 4 N–H and O–H groups in total. The van der Waals surface area contributed by atoms with Crippen LogP contribution in [0, 0.1) is 5.92 Å². The summed E-state index contributed by atoms with van der Waals surface area (Å²) < 4.78 is 5.56. The predicted molar refractivity (Wildman–Crippen MR) is 106 cm³/mol. The Balaban J connectivity index is 1.52. The first-order chi connectivity index (χ1) is 12.8. The van der Waals surface area contributed by atoms with E-state index in [1.165, 1.54) is 49.9 Å². The molecule has 4 aliphatic rings.